The monoisotopic (exact) mass is 402 g/mol. The van der Waals surface area contributed by atoms with Crippen molar-refractivity contribution in [2.45, 2.75) is 46.7 Å². The summed E-state index contributed by atoms with van der Waals surface area (Å²) < 4.78 is 5.29. The average Bonchev–Trinajstić information content (AvgIpc) is 3.41. The average molecular weight is 403 g/mol. The summed E-state index contributed by atoms with van der Waals surface area (Å²) in [7, 11) is 0. The highest BCUT2D eigenvalue weighted by molar-refractivity contribution is 7.10. The molecule has 2 aliphatic heterocycles. The maximum Gasteiger partial charge on any atom is 0.252 e. The van der Waals surface area contributed by atoms with E-state index in [0.29, 0.717) is 5.92 Å². The standard InChI is InChI=1S/C21H30N4O2S/c1-4-24-7-5-16(10-24)9-22-21(26)19-13-28-20-12-25(8-6-17(19)20)11-18-14(2)23-27-15(18)3/h13,16H,4-12H2,1-3H3,(H,22,26)/t16-/m0/s1. The van der Waals surface area contributed by atoms with Crippen LogP contribution in [0.4, 0.5) is 0 Å². The fourth-order valence-corrected chi connectivity index (χ4v) is 5.48. The number of aryl methyl sites for hydroxylation is 2. The van der Waals surface area contributed by atoms with Gasteiger partial charge in [-0.1, -0.05) is 12.1 Å². The molecule has 1 atom stereocenters. The molecule has 2 aromatic rings. The number of nitrogens with zero attached hydrogens (tertiary/aromatic N) is 3. The zero-order valence-corrected chi connectivity index (χ0v) is 17.9. The number of hydrogen-bond acceptors (Lipinski definition) is 6. The summed E-state index contributed by atoms with van der Waals surface area (Å²) in [5, 5.41) is 9.30. The van der Waals surface area contributed by atoms with Gasteiger partial charge >= 0.3 is 0 Å². The molecule has 0 aliphatic carbocycles. The number of nitrogens with one attached hydrogen (secondary N) is 1. The van der Waals surface area contributed by atoms with Crippen molar-refractivity contribution in [3.8, 4) is 0 Å². The molecule has 28 heavy (non-hydrogen) atoms. The minimum Gasteiger partial charge on any atom is -0.361 e. The lowest BCUT2D eigenvalue weighted by atomic mass is 10.0. The van der Waals surface area contributed by atoms with E-state index in [-0.39, 0.29) is 5.91 Å². The molecule has 4 heterocycles. The predicted octanol–water partition coefficient (Wildman–Crippen LogP) is 2.98. The van der Waals surface area contributed by atoms with Crippen LogP contribution in [0.5, 0.6) is 0 Å². The van der Waals surface area contributed by atoms with Crippen molar-refractivity contribution >= 4 is 17.2 Å². The number of rotatable bonds is 6. The van der Waals surface area contributed by atoms with Gasteiger partial charge in [0, 0.05) is 48.5 Å². The van der Waals surface area contributed by atoms with Crippen molar-refractivity contribution in [2.24, 2.45) is 5.92 Å². The SMILES string of the molecule is CCN1CC[C@@H](CNC(=O)c2csc3c2CCN(Cc2c(C)noc2C)C3)C1. The van der Waals surface area contributed by atoms with Crippen LogP contribution in [0.15, 0.2) is 9.90 Å². The van der Waals surface area contributed by atoms with Crippen LogP contribution in [0, 0.1) is 19.8 Å². The lowest BCUT2D eigenvalue weighted by Crippen LogP contribution is -2.33. The van der Waals surface area contributed by atoms with Gasteiger partial charge in [0.05, 0.1) is 11.3 Å². The van der Waals surface area contributed by atoms with Crippen LogP contribution < -0.4 is 5.32 Å². The number of carbonyl (C=O) groups is 1. The number of aromatic nitrogens is 1. The van der Waals surface area contributed by atoms with E-state index >= 15 is 0 Å². The lowest BCUT2D eigenvalue weighted by Gasteiger charge is -2.27. The van der Waals surface area contributed by atoms with E-state index in [4.69, 9.17) is 4.52 Å². The van der Waals surface area contributed by atoms with E-state index in [1.807, 2.05) is 19.2 Å². The summed E-state index contributed by atoms with van der Waals surface area (Å²) >= 11 is 1.72. The molecule has 7 heteroatoms. The molecule has 1 N–H and O–H groups in total. The minimum absolute atomic E-state index is 0.103. The number of amides is 1. The Bertz CT molecular complexity index is 824. The van der Waals surface area contributed by atoms with Crippen LogP contribution in [0.2, 0.25) is 0 Å². The molecule has 0 bridgehead atoms. The van der Waals surface area contributed by atoms with Gasteiger partial charge in [-0.2, -0.15) is 0 Å². The maximum absolute atomic E-state index is 12.8. The second kappa shape index (κ2) is 8.35. The molecule has 0 radical (unpaired) electrons. The van der Waals surface area contributed by atoms with E-state index in [2.05, 4.69) is 27.2 Å². The molecule has 0 spiro atoms. The van der Waals surface area contributed by atoms with E-state index in [9.17, 15) is 4.79 Å². The van der Waals surface area contributed by atoms with Gasteiger partial charge in [0.2, 0.25) is 0 Å². The first-order chi connectivity index (χ1) is 13.5. The molecule has 4 rings (SSSR count). The van der Waals surface area contributed by atoms with Crippen LogP contribution in [-0.4, -0.2) is 53.6 Å². The molecular formula is C21H30N4O2S. The van der Waals surface area contributed by atoms with Gasteiger partial charge in [-0.15, -0.1) is 11.3 Å². The van der Waals surface area contributed by atoms with Gasteiger partial charge in [0.1, 0.15) is 5.76 Å². The first-order valence-corrected chi connectivity index (χ1v) is 11.2. The minimum atomic E-state index is 0.103. The Balaban J connectivity index is 1.35. The first kappa shape index (κ1) is 19.6. The molecule has 2 aliphatic rings. The summed E-state index contributed by atoms with van der Waals surface area (Å²) in [5.74, 6) is 1.60. The third kappa shape index (κ3) is 4.02. The summed E-state index contributed by atoms with van der Waals surface area (Å²) in [6.45, 7) is 13.0. The van der Waals surface area contributed by atoms with Crippen LogP contribution in [-0.2, 0) is 19.5 Å². The first-order valence-electron chi connectivity index (χ1n) is 10.3. The van der Waals surface area contributed by atoms with Gasteiger partial charge in [-0.25, -0.2) is 0 Å². The molecular weight excluding hydrogens is 372 g/mol. The van der Waals surface area contributed by atoms with E-state index in [1.165, 1.54) is 22.4 Å². The molecule has 1 fully saturated rings. The van der Waals surface area contributed by atoms with E-state index in [1.54, 1.807) is 11.3 Å². The number of thiophene rings is 1. The highest BCUT2D eigenvalue weighted by Crippen LogP contribution is 2.30. The van der Waals surface area contributed by atoms with Crippen molar-refractivity contribution < 1.29 is 9.32 Å². The van der Waals surface area contributed by atoms with Gasteiger partial charge in [-0.3, -0.25) is 9.69 Å². The summed E-state index contributed by atoms with van der Waals surface area (Å²) in [4.78, 5) is 19.0. The fraction of sp³-hybridized carbons (Fsp3) is 0.619. The van der Waals surface area contributed by atoms with Crippen LogP contribution in [0.1, 0.15) is 51.2 Å². The summed E-state index contributed by atoms with van der Waals surface area (Å²) in [6, 6.07) is 0. The Kier molecular flexibility index (Phi) is 5.85. The number of hydrogen-bond donors (Lipinski definition) is 1. The second-order valence-corrected chi connectivity index (χ2v) is 9.04. The molecule has 1 saturated heterocycles. The number of likely N-dealkylation sites (tertiary alicyclic amines) is 1. The molecule has 0 saturated carbocycles. The van der Waals surface area contributed by atoms with Crippen LogP contribution in [0.3, 0.4) is 0 Å². The normalized spacial score (nSPS) is 20.5. The van der Waals surface area contributed by atoms with E-state index in [0.717, 1.165) is 69.3 Å². The highest BCUT2D eigenvalue weighted by atomic mass is 32.1. The molecule has 0 aromatic carbocycles. The Labute approximate surface area is 170 Å². The Hall–Kier alpha value is -1.70. The predicted molar refractivity (Wildman–Crippen MR) is 111 cm³/mol. The number of carbonyl (C=O) groups excluding carboxylic acids is 1. The fourth-order valence-electron chi connectivity index (χ4n) is 4.36. The molecule has 1 amide bonds. The van der Waals surface area contributed by atoms with E-state index < -0.39 is 0 Å². The zero-order valence-electron chi connectivity index (χ0n) is 17.1. The van der Waals surface area contributed by atoms with Gasteiger partial charge in [0.15, 0.2) is 0 Å². The molecule has 152 valence electrons. The molecule has 2 aromatic heterocycles. The Morgan fingerprint density at radius 2 is 2.21 bits per heavy atom. The second-order valence-electron chi connectivity index (χ2n) is 8.07. The maximum atomic E-state index is 12.8. The number of fused-ring (bicyclic) bond motifs is 1. The van der Waals surface area contributed by atoms with Crippen molar-refractivity contribution in [1.82, 2.24) is 20.3 Å². The largest absolute Gasteiger partial charge is 0.361 e. The van der Waals surface area contributed by atoms with Gasteiger partial charge < -0.3 is 14.7 Å². The zero-order chi connectivity index (χ0) is 19.7. The molecule has 0 unspecified atom stereocenters. The molecule has 6 nitrogen and oxygen atoms in total. The smallest absolute Gasteiger partial charge is 0.252 e. The Morgan fingerprint density at radius 1 is 1.36 bits per heavy atom. The third-order valence-electron chi connectivity index (χ3n) is 6.20. The van der Waals surface area contributed by atoms with Gasteiger partial charge in [-0.05, 0) is 51.3 Å². The summed E-state index contributed by atoms with van der Waals surface area (Å²) in [6.07, 6.45) is 2.12. The van der Waals surface area contributed by atoms with Crippen LogP contribution in [0.25, 0.3) is 0 Å². The van der Waals surface area contributed by atoms with Crippen molar-refractivity contribution in [3.05, 3.63) is 38.4 Å². The summed E-state index contributed by atoms with van der Waals surface area (Å²) in [5.41, 5.74) is 4.31. The van der Waals surface area contributed by atoms with Crippen LogP contribution >= 0.6 is 11.3 Å². The van der Waals surface area contributed by atoms with Crippen molar-refractivity contribution in [1.29, 1.82) is 0 Å². The highest BCUT2D eigenvalue weighted by Gasteiger charge is 2.26. The topological polar surface area (TPSA) is 61.6 Å². The van der Waals surface area contributed by atoms with Gasteiger partial charge in [0.25, 0.3) is 5.91 Å². The van der Waals surface area contributed by atoms with Crippen molar-refractivity contribution in [3.63, 3.8) is 0 Å². The lowest BCUT2D eigenvalue weighted by molar-refractivity contribution is 0.0946. The third-order valence-corrected chi connectivity index (χ3v) is 7.22. The Morgan fingerprint density at radius 3 is 2.93 bits per heavy atom. The quantitative estimate of drug-likeness (QED) is 0.805. The van der Waals surface area contributed by atoms with Crippen molar-refractivity contribution in [2.75, 3.05) is 32.7 Å².